The molecule has 0 aromatic heterocycles. The minimum Gasteiger partial charge on any atom is -0.380 e. The second-order valence-corrected chi connectivity index (χ2v) is 5.80. The Hall–Kier alpha value is -0.670. The van der Waals surface area contributed by atoms with Gasteiger partial charge in [0, 0.05) is 22.7 Å². The van der Waals surface area contributed by atoms with E-state index in [4.69, 9.17) is 0 Å². The Morgan fingerprint density at radius 3 is 2.69 bits per heavy atom. The molecule has 3 heteroatoms. The molecule has 0 fully saturated rings. The third-order valence-corrected chi connectivity index (χ3v) is 4.81. The first-order valence-corrected chi connectivity index (χ1v) is 6.69. The monoisotopic (exact) mass is 236 g/mol. The number of aryl methyl sites for hydroxylation is 2. The van der Waals surface area contributed by atoms with Crippen LogP contribution in [0.4, 0.5) is 5.69 Å². The predicted octanol–water partition coefficient (Wildman–Crippen LogP) is 2.80. The first-order valence-electron chi connectivity index (χ1n) is 5.81. The standard InChI is InChI=1S/C13H20N2S/c1-8-5-6-9(2)13-12(8)15-10(3)11(16-13)7-14-4/h5-6,10-11,14-15H,7H2,1-4H3. The van der Waals surface area contributed by atoms with E-state index in [1.165, 1.54) is 21.7 Å². The van der Waals surface area contributed by atoms with E-state index in [1.807, 2.05) is 18.8 Å². The highest BCUT2D eigenvalue weighted by Gasteiger charge is 2.26. The van der Waals surface area contributed by atoms with E-state index in [9.17, 15) is 0 Å². The van der Waals surface area contributed by atoms with Gasteiger partial charge in [0.05, 0.1) is 5.69 Å². The molecule has 1 aliphatic rings. The van der Waals surface area contributed by atoms with Gasteiger partial charge in [-0.2, -0.15) is 0 Å². The summed E-state index contributed by atoms with van der Waals surface area (Å²) in [4.78, 5) is 1.43. The lowest BCUT2D eigenvalue weighted by Crippen LogP contribution is -2.38. The average Bonchev–Trinajstić information content (AvgIpc) is 2.26. The van der Waals surface area contributed by atoms with Crippen molar-refractivity contribution >= 4 is 17.4 Å². The molecule has 0 saturated heterocycles. The minimum atomic E-state index is 0.519. The van der Waals surface area contributed by atoms with Crippen molar-refractivity contribution in [2.24, 2.45) is 0 Å². The minimum absolute atomic E-state index is 0.519. The molecule has 0 bridgehead atoms. The third-order valence-electron chi connectivity index (χ3n) is 3.17. The van der Waals surface area contributed by atoms with E-state index in [1.54, 1.807) is 0 Å². The van der Waals surface area contributed by atoms with E-state index < -0.39 is 0 Å². The smallest absolute Gasteiger partial charge is 0.0513 e. The van der Waals surface area contributed by atoms with Gasteiger partial charge in [-0.15, -0.1) is 11.8 Å². The summed E-state index contributed by atoms with van der Waals surface area (Å²) in [5, 5.41) is 7.52. The number of hydrogen-bond acceptors (Lipinski definition) is 3. The SMILES string of the molecule is CNCC1Sc2c(C)ccc(C)c2NC1C. The van der Waals surface area contributed by atoms with Gasteiger partial charge in [-0.3, -0.25) is 0 Å². The number of thioether (sulfide) groups is 1. The zero-order valence-electron chi connectivity index (χ0n) is 10.4. The lowest BCUT2D eigenvalue weighted by molar-refractivity contribution is 0.664. The molecular weight excluding hydrogens is 216 g/mol. The fraction of sp³-hybridized carbons (Fsp3) is 0.538. The van der Waals surface area contributed by atoms with Gasteiger partial charge >= 0.3 is 0 Å². The summed E-state index contributed by atoms with van der Waals surface area (Å²) in [5.74, 6) is 0. The maximum absolute atomic E-state index is 3.64. The van der Waals surface area contributed by atoms with Crippen LogP contribution in [0.15, 0.2) is 17.0 Å². The second kappa shape index (κ2) is 4.68. The first-order chi connectivity index (χ1) is 7.63. The van der Waals surface area contributed by atoms with Gasteiger partial charge in [0.1, 0.15) is 0 Å². The van der Waals surface area contributed by atoms with Crippen molar-refractivity contribution in [1.29, 1.82) is 0 Å². The molecular formula is C13H20N2S. The van der Waals surface area contributed by atoms with Crippen LogP contribution in [0.25, 0.3) is 0 Å². The largest absolute Gasteiger partial charge is 0.380 e. The van der Waals surface area contributed by atoms with Crippen LogP contribution in [0.1, 0.15) is 18.1 Å². The number of fused-ring (bicyclic) bond motifs is 1. The fourth-order valence-electron chi connectivity index (χ4n) is 2.11. The molecule has 0 saturated carbocycles. The molecule has 0 aliphatic carbocycles. The van der Waals surface area contributed by atoms with Crippen LogP contribution in [0.2, 0.25) is 0 Å². The number of hydrogen-bond donors (Lipinski definition) is 2. The van der Waals surface area contributed by atoms with Crippen molar-refractivity contribution in [3.8, 4) is 0 Å². The van der Waals surface area contributed by atoms with Crippen LogP contribution in [0, 0.1) is 13.8 Å². The van der Waals surface area contributed by atoms with Crippen molar-refractivity contribution in [3.05, 3.63) is 23.3 Å². The number of rotatable bonds is 2. The van der Waals surface area contributed by atoms with Gasteiger partial charge in [0.2, 0.25) is 0 Å². The quantitative estimate of drug-likeness (QED) is 0.825. The molecule has 1 aromatic carbocycles. The van der Waals surface area contributed by atoms with E-state index in [-0.39, 0.29) is 0 Å². The summed E-state index contributed by atoms with van der Waals surface area (Å²) in [6.07, 6.45) is 0. The molecule has 2 atom stereocenters. The highest BCUT2D eigenvalue weighted by Crippen LogP contribution is 2.41. The van der Waals surface area contributed by atoms with Crippen molar-refractivity contribution < 1.29 is 0 Å². The first kappa shape index (κ1) is 11.8. The second-order valence-electron chi connectivity index (χ2n) is 4.55. The molecule has 1 heterocycles. The van der Waals surface area contributed by atoms with Crippen molar-refractivity contribution in [2.45, 2.75) is 37.0 Å². The maximum atomic E-state index is 3.64. The Kier molecular flexibility index (Phi) is 3.45. The molecule has 0 amide bonds. The summed E-state index contributed by atoms with van der Waals surface area (Å²) in [7, 11) is 2.02. The van der Waals surface area contributed by atoms with Gasteiger partial charge in [0.25, 0.3) is 0 Å². The molecule has 2 N–H and O–H groups in total. The predicted molar refractivity (Wildman–Crippen MR) is 72.6 cm³/mol. The summed E-state index contributed by atoms with van der Waals surface area (Å²) in [6.45, 7) is 7.68. The van der Waals surface area contributed by atoms with Crippen LogP contribution in [-0.2, 0) is 0 Å². The van der Waals surface area contributed by atoms with Crippen molar-refractivity contribution in [3.63, 3.8) is 0 Å². The Balaban J connectivity index is 2.34. The number of anilines is 1. The lowest BCUT2D eigenvalue weighted by Gasteiger charge is -2.33. The zero-order chi connectivity index (χ0) is 11.7. The van der Waals surface area contributed by atoms with Crippen LogP contribution in [0.5, 0.6) is 0 Å². The molecule has 1 aromatic rings. The van der Waals surface area contributed by atoms with Gasteiger partial charge < -0.3 is 10.6 Å². The average molecular weight is 236 g/mol. The van der Waals surface area contributed by atoms with Crippen LogP contribution >= 0.6 is 11.8 Å². The third kappa shape index (κ3) is 2.06. The Labute approximate surface area is 102 Å². The van der Waals surface area contributed by atoms with E-state index in [2.05, 4.69) is 43.5 Å². The molecule has 16 heavy (non-hydrogen) atoms. The summed E-state index contributed by atoms with van der Waals surface area (Å²) in [5.41, 5.74) is 4.07. The van der Waals surface area contributed by atoms with Gasteiger partial charge in [0.15, 0.2) is 0 Å². The summed E-state index contributed by atoms with van der Waals surface area (Å²) < 4.78 is 0. The summed E-state index contributed by atoms with van der Waals surface area (Å²) in [6, 6.07) is 4.94. The topological polar surface area (TPSA) is 24.1 Å². The Morgan fingerprint density at radius 1 is 1.31 bits per heavy atom. The molecule has 0 spiro atoms. The molecule has 2 rings (SSSR count). The van der Waals surface area contributed by atoms with Gasteiger partial charge in [-0.05, 0) is 38.9 Å². The Morgan fingerprint density at radius 2 is 2.00 bits per heavy atom. The molecule has 88 valence electrons. The molecule has 0 radical (unpaired) electrons. The Bertz CT molecular complexity index is 390. The van der Waals surface area contributed by atoms with Crippen LogP contribution < -0.4 is 10.6 Å². The normalized spacial score (nSPS) is 23.8. The van der Waals surface area contributed by atoms with Crippen molar-refractivity contribution in [1.82, 2.24) is 5.32 Å². The summed E-state index contributed by atoms with van der Waals surface area (Å²) >= 11 is 2.01. The number of nitrogens with one attached hydrogen (secondary N) is 2. The highest BCUT2D eigenvalue weighted by atomic mass is 32.2. The van der Waals surface area contributed by atoms with Crippen LogP contribution in [0.3, 0.4) is 0 Å². The molecule has 2 unspecified atom stereocenters. The van der Waals surface area contributed by atoms with E-state index >= 15 is 0 Å². The van der Waals surface area contributed by atoms with E-state index in [0.29, 0.717) is 11.3 Å². The van der Waals surface area contributed by atoms with E-state index in [0.717, 1.165) is 6.54 Å². The zero-order valence-corrected chi connectivity index (χ0v) is 11.2. The van der Waals surface area contributed by atoms with Gasteiger partial charge in [-0.25, -0.2) is 0 Å². The maximum Gasteiger partial charge on any atom is 0.0513 e. The van der Waals surface area contributed by atoms with Crippen LogP contribution in [-0.4, -0.2) is 24.9 Å². The molecule has 2 nitrogen and oxygen atoms in total. The molecule has 1 aliphatic heterocycles. The highest BCUT2D eigenvalue weighted by molar-refractivity contribution is 8.00. The van der Waals surface area contributed by atoms with Gasteiger partial charge in [-0.1, -0.05) is 12.1 Å². The number of benzene rings is 1. The van der Waals surface area contributed by atoms with Crippen molar-refractivity contribution in [2.75, 3.05) is 18.9 Å². The fourth-order valence-corrected chi connectivity index (χ4v) is 3.53. The lowest BCUT2D eigenvalue weighted by atomic mass is 10.1.